The minimum absolute atomic E-state index is 0.0970. The summed E-state index contributed by atoms with van der Waals surface area (Å²) in [5.41, 5.74) is 1.64. The highest BCUT2D eigenvalue weighted by atomic mass is 16.4. The van der Waals surface area contributed by atoms with Gasteiger partial charge in [0.05, 0.1) is 11.9 Å². The number of aromatic nitrogens is 4. The average Bonchev–Trinajstić information content (AvgIpc) is 2.82. The maximum atomic E-state index is 11.0. The first kappa shape index (κ1) is 10.4. The second kappa shape index (κ2) is 3.92. The fourth-order valence-electron chi connectivity index (χ4n) is 1.68. The van der Waals surface area contributed by atoms with Gasteiger partial charge in [-0.05, 0) is 0 Å². The van der Waals surface area contributed by atoms with Gasteiger partial charge in [-0.3, -0.25) is 0 Å². The third-order valence-corrected chi connectivity index (χ3v) is 2.53. The Morgan fingerprint density at radius 1 is 1.22 bits per heavy atom. The van der Waals surface area contributed by atoms with Gasteiger partial charge < -0.3 is 5.11 Å². The lowest BCUT2D eigenvalue weighted by Gasteiger charge is -2.00. The van der Waals surface area contributed by atoms with Crippen LogP contribution in [-0.2, 0) is 0 Å². The zero-order valence-electron chi connectivity index (χ0n) is 9.19. The Labute approximate surface area is 102 Å². The van der Waals surface area contributed by atoms with E-state index in [1.165, 1.54) is 10.8 Å². The van der Waals surface area contributed by atoms with Gasteiger partial charge in [0.2, 0.25) is 0 Å². The summed E-state index contributed by atoms with van der Waals surface area (Å²) >= 11 is 0. The number of hydrogen-bond donors (Lipinski definition) is 1. The van der Waals surface area contributed by atoms with Crippen molar-refractivity contribution in [1.82, 2.24) is 19.6 Å². The molecular formula is C12H8N4O2. The molecule has 3 aromatic rings. The molecule has 0 fully saturated rings. The first-order chi connectivity index (χ1) is 8.75. The lowest BCUT2D eigenvalue weighted by Crippen LogP contribution is -2.01. The van der Waals surface area contributed by atoms with E-state index in [-0.39, 0.29) is 11.3 Å². The van der Waals surface area contributed by atoms with Crippen LogP contribution in [0.5, 0.6) is 0 Å². The van der Waals surface area contributed by atoms with Crippen LogP contribution in [0, 0.1) is 0 Å². The molecule has 0 aliphatic rings. The molecule has 18 heavy (non-hydrogen) atoms. The van der Waals surface area contributed by atoms with Gasteiger partial charge in [-0.2, -0.15) is 5.10 Å². The number of nitrogens with zero attached hydrogens (tertiary/aromatic N) is 4. The van der Waals surface area contributed by atoms with Crippen molar-refractivity contribution in [2.24, 2.45) is 0 Å². The Hall–Kier alpha value is -2.76. The molecule has 1 aromatic carbocycles. The molecule has 6 nitrogen and oxygen atoms in total. The number of benzene rings is 1. The molecular weight excluding hydrogens is 232 g/mol. The molecule has 0 aliphatic heterocycles. The maximum Gasteiger partial charge on any atom is 0.358 e. The van der Waals surface area contributed by atoms with Crippen LogP contribution in [0.3, 0.4) is 0 Å². The van der Waals surface area contributed by atoms with Crippen LogP contribution in [0.2, 0.25) is 0 Å². The van der Waals surface area contributed by atoms with Crippen molar-refractivity contribution < 1.29 is 9.90 Å². The summed E-state index contributed by atoms with van der Waals surface area (Å²) in [6, 6.07) is 9.44. The predicted molar refractivity (Wildman–Crippen MR) is 63.2 cm³/mol. The molecule has 88 valence electrons. The lowest BCUT2D eigenvalue weighted by atomic mass is 10.2. The third kappa shape index (κ3) is 1.60. The van der Waals surface area contributed by atoms with Gasteiger partial charge >= 0.3 is 5.97 Å². The molecule has 0 unspecified atom stereocenters. The van der Waals surface area contributed by atoms with Crippen LogP contribution in [0.4, 0.5) is 0 Å². The zero-order valence-corrected chi connectivity index (χ0v) is 9.19. The summed E-state index contributed by atoms with van der Waals surface area (Å²) in [5.74, 6) is -1.11. The van der Waals surface area contributed by atoms with Gasteiger partial charge in [-0.25, -0.2) is 19.3 Å². The highest BCUT2D eigenvalue weighted by Crippen LogP contribution is 2.16. The highest BCUT2D eigenvalue weighted by molar-refractivity contribution is 5.92. The molecule has 2 aromatic heterocycles. The number of rotatable bonds is 2. The summed E-state index contributed by atoms with van der Waals surface area (Å²) in [5, 5.41) is 13.1. The van der Waals surface area contributed by atoms with E-state index in [2.05, 4.69) is 15.1 Å². The summed E-state index contributed by atoms with van der Waals surface area (Å²) in [4.78, 5) is 19.0. The van der Waals surface area contributed by atoms with Crippen LogP contribution in [0.15, 0.2) is 42.9 Å². The van der Waals surface area contributed by atoms with Crippen molar-refractivity contribution >= 4 is 11.6 Å². The van der Waals surface area contributed by atoms with Crippen molar-refractivity contribution in [3.05, 3.63) is 48.5 Å². The van der Waals surface area contributed by atoms with Crippen LogP contribution >= 0.6 is 0 Å². The van der Waals surface area contributed by atoms with E-state index in [4.69, 9.17) is 5.11 Å². The van der Waals surface area contributed by atoms with Crippen LogP contribution in [-0.4, -0.2) is 30.7 Å². The molecule has 0 saturated carbocycles. The zero-order chi connectivity index (χ0) is 12.5. The van der Waals surface area contributed by atoms with Gasteiger partial charge in [0.1, 0.15) is 6.33 Å². The molecule has 3 rings (SSSR count). The first-order valence-electron chi connectivity index (χ1n) is 5.25. The topological polar surface area (TPSA) is 80.4 Å². The van der Waals surface area contributed by atoms with Gasteiger partial charge in [0, 0.05) is 5.56 Å². The van der Waals surface area contributed by atoms with E-state index in [9.17, 15) is 4.79 Å². The van der Waals surface area contributed by atoms with E-state index in [1.807, 2.05) is 30.3 Å². The van der Waals surface area contributed by atoms with E-state index in [0.717, 1.165) is 5.56 Å². The highest BCUT2D eigenvalue weighted by Gasteiger charge is 2.14. The van der Waals surface area contributed by atoms with E-state index in [1.54, 1.807) is 6.20 Å². The normalized spacial score (nSPS) is 10.7. The molecule has 6 heteroatoms. The Morgan fingerprint density at radius 2 is 2.00 bits per heavy atom. The Bertz CT molecular complexity index is 721. The third-order valence-electron chi connectivity index (χ3n) is 2.53. The molecule has 2 heterocycles. The average molecular weight is 240 g/mol. The Morgan fingerprint density at radius 3 is 2.72 bits per heavy atom. The molecule has 0 amide bonds. The fourth-order valence-corrected chi connectivity index (χ4v) is 1.68. The molecule has 0 atom stereocenters. The van der Waals surface area contributed by atoms with Gasteiger partial charge in [0.15, 0.2) is 11.3 Å². The quantitative estimate of drug-likeness (QED) is 0.734. The summed E-state index contributed by atoms with van der Waals surface area (Å²) in [7, 11) is 0. The predicted octanol–water partition coefficient (Wildman–Crippen LogP) is 1.49. The summed E-state index contributed by atoms with van der Waals surface area (Å²) in [6.07, 6.45) is 2.91. The second-order valence-electron chi connectivity index (χ2n) is 3.67. The van der Waals surface area contributed by atoms with Gasteiger partial charge in [0.25, 0.3) is 0 Å². The smallest absolute Gasteiger partial charge is 0.358 e. The molecule has 0 radical (unpaired) electrons. The first-order valence-corrected chi connectivity index (χ1v) is 5.25. The number of carboxylic acid groups (broad SMARTS) is 1. The van der Waals surface area contributed by atoms with Crippen LogP contribution in [0.1, 0.15) is 10.5 Å². The number of hydrogen-bond acceptors (Lipinski definition) is 4. The number of carboxylic acids is 1. The number of fused-ring (bicyclic) bond motifs is 1. The summed E-state index contributed by atoms with van der Waals surface area (Å²) in [6.45, 7) is 0. The van der Waals surface area contributed by atoms with Crippen molar-refractivity contribution in [3.63, 3.8) is 0 Å². The maximum absolute atomic E-state index is 11.0. The molecule has 0 bridgehead atoms. The minimum Gasteiger partial charge on any atom is -0.476 e. The molecule has 0 aliphatic carbocycles. The molecule has 0 saturated heterocycles. The second-order valence-corrected chi connectivity index (χ2v) is 3.67. The van der Waals surface area contributed by atoms with Crippen molar-refractivity contribution in [2.75, 3.05) is 0 Å². The molecule has 0 spiro atoms. The Kier molecular flexibility index (Phi) is 2.26. The Balaban J connectivity index is 2.21. The van der Waals surface area contributed by atoms with E-state index < -0.39 is 5.97 Å². The van der Waals surface area contributed by atoms with Crippen molar-refractivity contribution in [1.29, 1.82) is 0 Å². The standard InChI is InChI=1S/C12H8N4O2/c17-12(18)10-11-15-9(6-14-16(11)7-13-10)8-4-2-1-3-5-8/h1-7H,(H,17,18). The largest absolute Gasteiger partial charge is 0.476 e. The number of aromatic carboxylic acids is 1. The molecule has 1 N–H and O–H groups in total. The minimum atomic E-state index is -1.11. The van der Waals surface area contributed by atoms with Crippen molar-refractivity contribution in [2.45, 2.75) is 0 Å². The monoisotopic (exact) mass is 240 g/mol. The van der Waals surface area contributed by atoms with E-state index in [0.29, 0.717) is 5.69 Å². The van der Waals surface area contributed by atoms with Gasteiger partial charge in [-0.15, -0.1) is 0 Å². The van der Waals surface area contributed by atoms with Crippen LogP contribution < -0.4 is 0 Å². The lowest BCUT2D eigenvalue weighted by molar-refractivity contribution is 0.0693. The number of carbonyl (C=O) groups is 1. The fraction of sp³-hybridized carbons (Fsp3) is 0. The summed E-state index contributed by atoms with van der Waals surface area (Å²) < 4.78 is 1.34. The van der Waals surface area contributed by atoms with E-state index >= 15 is 0 Å². The van der Waals surface area contributed by atoms with Crippen molar-refractivity contribution in [3.8, 4) is 11.3 Å². The SMILES string of the molecule is O=C(O)c1ncn2ncc(-c3ccccc3)nc12. The van der Waals surface area contributed by atoms with Gasteiger partial charge in [-0.1, -0.05) is 30.3 Å². The number of imidazole rings is 1. The van der Waals surface area contributed by atoms with Crippen LogP contribution in [0.25, 0.3) is 16.9 Å².